The lowest BCUT2D eigenvalue weighted by atomic mass is 10.0. The highest BCUT2D eigenvalue weighted by Crippen LogP contribution is 2.29. The highest BCUT2D eigenvalue weighted by Gasteiger charge is 2.22. The molecule has 0 saturated heterocycles. The van der Waals surface area contributed by atoms with Gasteiger partial charge in [-0.1, -0.05) is 25.8 Å². The molecule has 1 fully saturated rings. The monoisotopic (exact) mass is 309 g/mol. The van der Waals surface area contributed by atoms with E-state index in [2.05, 4.69) is 31.3 Å². The Bertz CT molecular complexity index is 484. The highest BCUT2D eigenvalue weighted by molar-refractivity contribution is 7.84. The Labute approximate surface area is 130 Å². The van der Waals surface area contributed by atoms with E-state index in [9.17, 15) is 4.21 Å². The van der Waals surface area contributed by atoms with Crippen molar-refractivity contribution in [1.29, 1.82) is 0 Å². The molecule has 21 heavy (non-hydrogen) atoms. The molecule has 0 aliphatic heterocycles. The number of hydrogen-bond donors (Lipinski definition) is 1. The molecule has 0 aromatic heterocycles. The second-order valence-corrected chi connectivity index (χ2v) is 7.50. The summed E-state index contributed by atoms with van der Waals surface area (Å²) in [7, 11) is 0.901. The van der Waals surface area contributed by atoms with Gasteiger partial charge in [-0.3, -0.25) is 4.21 Å². The average molecular weight is 309 g/mol. The summed E-state index contributed by atoms with van der Waals surface area (Å²) in [5.41, 5.74) is 2.31. The van der Waals surface area contributed by atoms with Crippen LogP contribution in [0, 0.1) is 0 Å². The van der Waals surface area contributed by atoms with Gasteiger partial charge in [0.25, 0.3) is 0 Å². The summed E-state index contributed by atoms with van der Waals surface area (Å²) < 4.78 is 18.0. The maximum atomic E-state index is 12.5. The third kappa shape index (κ3) is 4.30. The minimum atomic E-state index is -0.784. The van der Waals surface area contributed by atoms with Crippen LogP contribution in [0.25, 0.3) is 0 Å². The lowest BCUT2D eigenvalue weighted by Crippen LogP contribution is -2.18. The van der Waals surface area contributed by atoms with Crippen LogP contribution in [0.1, 0.15) is 56.7 Å². The van der Waals surface area contributed by atoms with Gasteiger partial charge < -0.3 is 10.1 Å². The smallest absolute Gasteiger partial charge is 0.123 e. The minimum Gasteiger partial charge on any atom is -0.496 e. The Balaban J connectivity index is 2.15. The Hall–Kier alpha value is -0.870. The molecule has 1 aliphatic rings. The van der Waals surface area contributed by atoms with Crippen molar-refractivity contribution in [1.82, 2.24) is 5.32 Å². The number of rotatable bonds is 7. The molecule has 0 bridgehead atoms. The molecule has 118 valence electrons. The number of nitrogens with one attached hydrogen (secondary N) is 1. The van der Waals surface area contributed by atoms with Crippen LogP contribution in [0.15, 0.2) is 18.2 Å². The Morgan fingerprint density at radius 1 is 1.38 bits per heavy atom. The number of hydrogen-bond acceptors (Lipinski definition) is 3. The van der Waals surface area contributed by atoms with Crippen molar-refractivity contribution in [2.45, 2.75) is 56.6 Å². The molecule has 2 rings (SSSR count). The van der Waals surface area contributed by atoms with E-state index >= 15 is 0 Å². The third-order valence-corrected chi connectivity index (χ3v) is 6.10. The van der Waals surface area contributed by atoms with Gasteiger partial charge in [-0.25, -0.2) is 0 Å². The standard InChI is InChI=1S/C17H27NO2S/c1-4-18-13(2)14-9-10-17(20-3)15(11-14)12-21(19)16-7-5-6-8-16/h9-11,13,16,18H,4-8,12H2,1-3H3. The second-order valence-electron chi connectivity index (χ2n) is 5.78. The Morgan fingerprint density at radius 2 is 2.10 bits per heavy atom. The van der Waals surface area contributed by atoms with Gasteiger partial charge in [-0.15, -0.1) is 0 Å². The maximum absolute atomic E-state index is 12.5. The molecule has 1 aliphatic carbocycles. The molecular weight excluding hydrogens is 282 g/mol. The van der Waals surface area contributed by atoms with Crippen molar-refractivity contribution in [3.05, 3.63) is 29.3 Å². The van der Waals surface area contributed by atoms with E-state index in [0.717, 1.165) is 30.7 Å². The Kier molecular flexibility index (Phi) is 6.24. The first-order valence-corrected chi connectivity index (χ1v) is 9.31. The van der Waals surface area contributed by atoms with Crippen LogP contribution >= 0.6 is 0 Å². The lowest BCUT2D eigenvalue weighted by molar-refractivity contribution is 0.410. The second kappa shape index (κ2) is 7.95. The van der Waals surface area contributed by atoms with Crippen LogP contribution in [0.4, 0.5) is 0 Å². The van der Waals surface area contributed by atoms with Crippen LogP contribution < -0.4 is 10.1 Å². The van der Waals surface area contributed by atoms with E-state index in [1.807, 2.05) is 6.07 Å². The van der Waals surface area contributed by atoms with Gasteiger partial charge in [0.1, 0.15) is 5.75 Å². The number of benzene rings is 1. The van der Waals surface area contributed by atoms with Gasteiger partial charge >= 0.3 is 0 Å². The summed E-state index contributed by atoms with van der Waals surface area (Å²) in [5.74, 6) is 1.47. The Morgan fingerprint density at radius 3 is 2.71 bits per heavy atom. The van der Waals surface area contributed by atoms with Gasteiger partial charge in [-0.2, -0.15) is 0 Å². The summed E-state index contributed by atoms with van der Waals surface area (Å²) in [6.45, 7) is 5.20. The van der Waals surface area contributed by atoms with Gasteiger partial charge in [0, 0.05) is 27.7 Å². The average Bonchev–Trinajstić information content (AvgIpc) is 3.01. The topological polar surface area (TPSA) is 38.3 Å². The molecule has 1 aromatic rings. The van der Waals surface area contributed by atoms with Gasteiger partial charge in [-0.05, 0) is 44.0 Å². The zero-order valence-electron chi connectivity index (χ0n) is 13.4. The summed E-state index contributed by atoms with van der Waals surface area (Å²) in [6, 6.07) is 6.55. The van der Waals surface area contributed by atoms with Crippen molar-refractivity contribution in [3.8, 4) is 5.75 Å². The van der Waals surface area contributed by atoms with Crippen LogP contribution in [0.5, 0.6) is 5.75 Å². The first-order valence-electron chi connectivity index (χ1n) is 7.93. The van der Waals surface area contributed by atoms with E-state index in [1.54, 1.807) is 7.11 Å². The van der Waals surface area contributed by atoms with Crippen molar-refractivity contribution >= 4 is 10.8 Å². The van der Waals surface area contributed by atoms with E-state index in [0.29, 0.717) is 17.0 Å². The predicted molar refractivity (Wildman–Crippen MR) is 89.2 cm³/mol. The molecule has 1 aromatic carbocycles. The lowest BCUT2D eigenvalue weighted by Gasteiger charge is -2.17. The molecule has 0 amide bonds. The largest absolute Gasteiger partial charge is 0.496 e. The summed E-state index contributed by atoms with van der Waals surface area (Å²) in [6.07, 6.45) is 4.68. The molecule has 3 nitrogen and oxygen atoms in total. The van der Waals surface area contributed by atoms with Crippen LogP contribution in [-0.2, 0) is 16.6 Å². The van der Waals surface area contributed by atoms with Crippen molar-refractivity contribution in [2.24, 2.45) is 0 Å². The van der Waals surface area contributed by atoms with E-state index in [1.165, 1.54) is 18.4 Å². The fourth-order valence-corrected chi connectivity index (χ4v) is 4.65. The van der Waals surface area contributed by atoms with Gasteiger partial charge in [0.05, 0.1) is 12.9 Å². The number of ether oxygens (including phenoxy) is 1. The van der Waals surface area contributed by atoms with Gasteiger partial charge in [0.15, 0.2) is 0 Å². The minimum absolute atomic E-state index is 0.305. The molecule has 1 saturated carbocycles. The molecular formula is C17H27NO2S. The van der Waals surface area contributed by atoms with E-state index < -0.39 is 10.8 Å². The molecule has 2 unspecified atom stereocenters. The SMILES string of the molecule is CCNC(C)c1ccc(OC)c(CS(=O)C2CCCC2)c1. The quantitative estimate of drug-likeness (QED) is 0.837. The molecule has 0 radical (unpaired) electrons. The van der Waals surface area contributed by atoms with Crippen LogP contribution in [-0.4, -0.2) is 23.1 Å². The number of methoxy groups -OCH3 is 1. The molecule has 4 heteroatoms. The zero-order valence-corrected chi connectivity index (χ0v) is 14.2. The third-order valence-electron chi connectivity index (χ3n) is 4.29. The first kappa shape index (κ1) is 16.5. The zero-order chi connectivity index (χ0) is 15.2. The first-order chi connectivity index (χ1) is 10.2. The predicted octanol–water partition coefficient (Wildman–Crippen LogP) is 3.56. The summed E-state index contributed by atoms with van der Waals surface area (Å²) >= 11 is 0. The van der Waals surface area contributed by atoms with Crippen molar-refractivity contribution < 1.29 is 8.95 Å². The molecule has 0 spiro atoms. The summed E-state index contributed by atoms with van der Waals surface area (Å²) in [5, 5.41) is 3.80. The van der Waals surface area contributed by atoms with E-state index in [-0.39, 0.29) is 0 Å². The van der Waals surface area contributed by atoms with Crippen LogP contribution in [0.2, 0.25) is 0 Å². The van der Waals surface area contributed by atoms with E-state index in [4.69, 9.17) is 4.74 Å². The molecule has 0 heterocycles. The normalized spacial score (nSPS) is 18.6. The van der Waals surface area contributed by atoms with Gasteiger partial charge in [0.2, 0.25) is 0 Å². The summed E-state index contributed by atoms with van der Waals surface area (Å²) in [4.78, 5) is 0. The molecule has 2 atom stereocenters. The maximum Gasteiger partial charge on any atom is 0.123 e. The highest BCUT2D eigenvalue weighted by atomic mass is 32.2. The van der Waals surface area contributed by atoms with Crippen molar-refractivity contribution in [3.63, 3.8) is 0 Å². The molecule has 1 N–H and O–H groups in total. The van der Waals surface area contributed by atoms with Crippen molar-refractivity contribution in [2.75, 3.05) is 13.7 Å². The fourth-order valence-electron chi connectivity index (χ4n) is 3.03. The fraction of sp³-hybridized carbons (Fsp3) is 0.647. The van der Waals surface area contributed by atoms with Crippen LogP contribution in [0.3, 0.4) is 0 Å².